The lowest BCUT2D eigenvalue weighted by Gasteiger charge is -2.29. The van der Waals surface area contributed by atoms with Crippen molar-refractivity contribution < 1.29 is 9.84 Å². The highest BCUT2D eigenvalue weighted by molar-refractivity contribution is 5.36. The van der Waals surface area contributed by atoms with Crippen molar-refractivity contribution in [2.24, 2.45) is 0 Å². The van der Waals surface area contributed by atoms with E-state index in [1.807, 2.05) is 12.1 Å². The summed E-state index contributed by atoms with van der Waals surface area (Å²) < 4.78 is 5.62. The van der Waals surface area contributed by atoms with E-state index in [0.29, 0.717) is 12.2 Å². The van der Waals surface area contributed by atoms with Crippen LogP contribution < -0.4 is 4.74 Å². The van der Waals surface area contributed by atoms with Gasteiger partial charge < -0.3 is 9.84 Å². The third-order valence-corrected chi connectivity index (χ3v) is 3.20. The molecule has 2 rings (SSSR count). The first-order valence-electron chi connectivity index (χ1n) is 6.31. The molecule has 1 fully saturated rings. The number of hydrogen-bond acceptors (Lipinski definition) is 4. The number of ether oxygens (including phenoxy) is 1. The van der Waals surface area contributed by atoms with E-state index in [1.54, 1.807) is 12.1 Å². The monoisotopic (exact) mass is 246 g/mol. The quantitative estimate of drug-likeness (QED) is 0.872. The maximum absolute atomic E-state index is 9.40. The van der Waals surface area contributed by atoms with Crippen LogP contribution in [0.4, 0.5) is 0 Å². The molecule has 1 aromatic carbocycles. The molecule has 18 heavy (non-hydrogen) atoms. The molecule has 1 saturated heterocycles. The van der Waals surface area contributed by atoms with Crippen LogP contribution in [0.5, 0.6) is 5.75 Å². The second kappa shape index (κ2) is 6.39. The lowest BCUT2D eigenvalue weighted by Crippen LogP contribution is -2.38. The zero-order valence-electron chi connectivity index (χ0n) is 10.4. The van der Waals surface area contributed by atoms with Gasteiger partial charge in [-0.2, -0.15) is 5.26 Å². The number of nitriles is 1. The number of hydrogen-bond donors (Lipinski definition) is 1. The van der Waals surface area contributed by atoms with Crippen molar-refractivity contribution in [3.05, 3.63) is 29.8 Å². The summed E-state index contributed by atoms with van der Waals surface area (Å²) in [6.07, 6.45) is 1.57. The van der Waals surface area contributed by atoms with Crippen molar-refractivity contribution in [2.75, 3.05) is 26.2 Å². The molecule has 0 bridgehead atoms. The molecular formula is C14H18N2O2. The molecule has 0 spiro atoms. The third-order valence-electron chi connectivity index (χ3n) is 3.20. The van der Waals surface area contributed by atoms with Gasteiger partial charge in [-0.15, -0.1) is 0 Å². The zero-order chi connectivity index (χ0) is 12.8. The Morgan fingerprint density at radius 2 is 2.17 bits per heavy atom. The average Bonchev–Trinajstić information content (AvgIpc) is 2.41. The van der Waals surface area contributed by atoms with E-state index in [4.69, 9.17) is 10.00 Å². The number of likely N-dealkylation sites (tertiary alicyclic amines) is 1. The summed E-state index contributed by atoms with van der Waals surface area (Å²) in [6.45, 7) is 3.35. The van der Waals surface area contributed by atoms with Gasteiger partial charge >= 0.3 is 0 Å². The van der Waals surface area contributed by atoms with Crippen molar-refractivity contribution in [3.63, 3.8) is 0 Å². The van der Waals surface area contributed by atoms with Gasteiger partial charge in [0.05, 0.1) is 17.7 Å². The lowest BCUT2D eigenvalue weighted by molar-refractivity contribution is 0.0755. The van der Waals surface area contributed by atoms with E-state index in [1.165, 1.54) is 0 Å². The molecule has 1 aliphatic rings. The minimum atomic E-state index is -0.130. The van der Waals surface area contributed by atoms with Crippen molar-refractivity contribution in [1.82, 2.24) is 4.90 Å². The molecular weight excluding hydrogens is 228 g/mol. The number of benzene rings is 1. The summed E-state index contributed by atoms with van der Waals surface area (Å²) in [4.78, 5) is 2.29. The van der Waals surface area contributed by atoms with E-state index in [0.717, 1.165) is 38.2 Å². The number of piperidine rings is 1. The van der Waals surface area contributed by atoms with Gasteiger partial charge in [-0.3, -0.25) is 4.90 Å². The summed E-state index contributed by atoms with van der Waals surface area (Å²) >= 11 is 0. The van der Waals surface area contributed by atoms with Gasteiger partial charge in [0.25, 0.3) is 0 Å². The van der Waals surface area contributed by atoms with Gasteiger partial charge in [-0.1, -0.05) is 6.07 Å². The molecule has 0 amide bonds. The number of aliphatic hydroxyl groups excluding tert-OH is 1. The number of rotatable bonds is 4. The molecule has 0 saturated carbocycles. The molecule has 0 atom stereocenters. The zero-order valence-corrected chi connectivity index (χ0v) is 10.4. The highest BCUT2D eigenvalue weighted by atomic mass is 16.5. The van der Waals surface area contributed by atoms with Gasteiger partial charge in [0.2, 0.25) is 0 Å². The van der Waals surface area contributed by atoms with Crippen LogP contribution in [-0.2, 0) is 0 Å². The Bertz CT molecular complexity index is 420. The molecule has 1 heterocycles. The van der Waals surface area contributed by atoms with E-state index in [2.05, 4.69) is 11.0 Å². The Morgan fingerprint density at radius 1 is 1.39 bits per heavy atom. The summed E-state index contributed by atoms with van der Waals surface area (Å²) in [5.74, 6) is 0.742. The standard InChI is InChI=1S/C14H18N2O2/c15-11-12-2-1-3-14(10-12)18-9-8-16-6-4-13(17)5-7-16/h1-3,10,13,17H,4-9H2. The Labute approximate surface area is 107 Å². The molecule has 0 aliphatic carbocycles. The third kappa shape index (κ3) is 3.73. The van der Waals surface area contributed by atoms with Crippen LogP contribution in [0.1, 0.15) is 18.4 Å². The maximum atomic E-state index is 9.40. The summed E-state index contributed by atoms with van der Waals surface area (Å²) in [6, 6.07) is 9.29. The fourth-order valence-electron chi connectivity index (χ4n) is 2.09. The van der Waals surface area contributed by atoms with Crippen molar-refractivity contribution in [3.8, 4) is 11.8 Å². The van der Waals surface area contributed by atoms with Crippen LogP contribution in [-0.4, -0.2) is 42.4 Å². The minimum Gasteiger partial charge on any atom is -0.492 e. The van der Waals surface area contributed by atoms with Gasteiger partial charge in [0, 0.05) is 19.6 Å². The minimum absolute atomic E-state index is 0.130. The summed E-state index contributed by atoms with van der Waals surface area (Å²) in [5.41, 5.74) is 0.619. The first-order chi connectivity index (χ1) is 8.78. The average molecular weight is 246 g/mol. The van der Waals surface area contributed by atoms with Gasteiger partial charge in [0.15, 0.2) is 0 Å². The van der Waals surface area contributed by atoms with E-state index < -0.39 is 0 Å². The first-order valence-corrected chi connectivity index (χ1v) is 6.31. The summed E-state index contributed by atoms with van der Waals surface area (Å²) in [5, 5.41) is 18.2. The van der Waals surface area contributed by atoms with Gasteiger partial charge in [0.1, 0.15) is 12.4 Å². The second-order valence-electron chi connectivity index (χ2n) is 4.56. The Balaban J connectivity index is 1.73. The molecule has 1 aliphatic heterocycles. The number of aliphatic hydroxyl groups is 1. The van der Waals surface area contributed by atoms with Crippen LogP contribution in [0.15, 0.2) is 24.3 Å². The van der Waals surface area contributed by atoms with Crippen LogP contribution in [0.3, 0.4) is 0 Å². The van der Waals surface area contributed by atoms with Gasteiger partial charge in [-0.25, -0.2) is 0 Å². The lowest BCUT2D eigenvalue weighted by atomic mass is 10.1. The molecule has 96 valence electrons. The normalized spacial score (nSPS) is 17.3. The van der Waals surface area contributed by atoms with E-state index in [-0.39, 0.29) is 6.10 Å². The highest BCUT2D eigenvalue weighted by Crippen LogP contribution is 2.13. The molecule has 0 radical (unpaired) electrons. The Kier molecular flexibility index (Phi) is 4.57. The Morgan fingerprint density at radius 3 is 2.89 bits per heavy atom. The second-order valence-corrected chi connectivity index (χ2v) is 4.56. The van der Waals surface area contributed by atoms with E-state index >= 15 is 0 Å². The molecule has 0 unspecified atom stereocenters. The SMILES string of the molecule is N#Cc1cccc(OCCN2CCC(O)CC2)c1. The highest BCUT2D eigenvalue weighted by Gasteiger charge is 2.16. The fraction of sp³-hybridized carbons (Fsp3) is 0.500. The molecule has 4 heteroatoms. The van der Waals surface area contributed by atoms with Crippen molar-refractivity contribution in [1.29, 1.82) is 5.26 Å². The molecule has 0 aromatic heterocycles. The predicted molar refractivity (Wildman–Crippen MR) is 68.3 cm³/mol. The van der Waals surface area contributed by atoms with Crippen LogP contribution in [0, 0.1) is 11.3 Å². The van der Waals surface area contributed by atoms with Crippen molar-refractivity contribution >= 4 is 0 Å². The number of nitrogens with zero attached hydrogens (tertiary/aromatic N) is 2. The van der Waals surface area contributed by atoms with Crippen LogP contribution in [0.2, 0.25) is 0 Å². The smallest absolute Gasteiger partial charge is 0.120 e. The predicted octanol–water partition coefficient (Wildman–Crippen LogP) is 1.39. The van der Waals surface area contributed by atoms with Crippen LogP contribution >= 0.6 is 0 Å². The largest absolute Gasteiger partial charge is 0.492 e. The topological polar surface area (TPSA) is 56.5 Å². The van der Waals surface area contributed by atoms with Crippen molar-refractivity contribution in [2.45, 2.75) is 18.9 Å². The van der Waals surface area contributed by atoms with Gasteiger partial charge in [-0.05, 0) is 31.0 Å². The van der Waals surface area contributed by atoms with Crippen LogP contribution in [0.25, 0.3) is 0 Å². The maximum Gasteiger partial charge on any atom is 0.120 e. The fourth-order valence-corrected chi connectivity index (χ4v) is 2.09. The molecule has 1 aromatic rings. The van der Waals surface area contributed by atoms with E-state index in [9.17, 15) is 5.11 Å². The first kappa shape index (κ1) is 12.9. The molecule has 4 nitrogen and oxygen atoms in total. The summed E-state index contributed by atoms with van der Waals surface area (Å²) in [7, 11) is 0. The Hall–Kier alpha value is -1.57. The molecule has 1 N–H and O–H groups in total.